The Morgan fingerprint density at radius 1 is 1.24 bits per heavy atom. The van der Waals surface area contributed by atoms with Crippen LogP contribution in [0.15, 0.2) is 61.9 Å². The van der Waals surface area contributed by atoms with Gasteiger partial charge in [0.2, 0.25) is 0 Å². The number of fused-ring (bicyclic) bond motifs is 1. The van der Waals surface area contributed by atoms with Gasteiger partial charge in [0.05, 0.1) is 40.0 Å². The van der Waals surface area contributed by atoms with E-state index in [-0.39, 0.29) is 17.9 Å². The fourth-order valence-electron chi connectivity index (χ4n) is 3.97. The number of aromatic nitrogens is 1. The first-order valence-electron chi connectivity index (χ1n) is 11.2. The molecular weight excluding hydrogens is 584 g/mol. The third-order valence-electron chi connectivity index (χ3n) is 5.50. The predicted molar refractivity (Wildman–Crippen MR) is 144 cm³/mol. The number of nitrogens with zero attached hydrogens (tertiary/aromatic N) is 2. The Morgan fingerprint density at radius 3 is 2.57 bits per heavy atom. The summed E-state index contributed by atoms with van der Waals surface area (Å²) in [5.74, 6) is -0.461. The summed E-state index contributed by atoms with van der Waals surface area (Å²) >= 11 is 10.7. The van der Waals surface area contributed by atoms with Crippen molar-refractivity contribution in [3.63, 3.8) is 0 Å². The molecule has 0 bridgehead atoms. The molecule has 2 heterocycles. The van der Waals surface area contributed by atoms with Gasteiger partial charge in [0, 0.05) is 11.9 Å². The summed E-state index contributed by atoms with van der Waals surface area (Å²) in [5.41, 5.74) is 1.77. The molecular formula is C26H22BrClN2O6S. The summed E-state index contributed by atoms with van der Waals surface area (Å²) in [6.45, 7) is 4.93. The number of hydrogen-bond acceptors (Lipinski definition) is 8. The highest BCUT2D eigenvalue weighted by atomic mass is 79.9. The number of halogens is 2. The zero-order valence-electron chi connectivity index (χ0n) is 20.3. The van der Waals surface area contributed by atoms with Crippen LogP contribution < -0.4 is 24.4 Å². The summed E-state index contributed by atoms with van der Waals surface area (Å²) in [4.78, 5) is 43.2. The van der Waals surface area contributed by atoms with Gasteiger partial charge in [0.15, 0.2) is 16.3 Å². The van der Waals surface area contributed by atoms with Crippen LogP contribution in [0.4, 0.5) is 0 Å². The lowest BCUT2D eigenvalue weighted by Crippen LogP contribution is -2.39. The summed E-state index contributed by atoms with van der Waals surface area (Å²) in [6, 6.07) is 9.61. The summed E-state index contributed by atoms with van der Waals surface area (Å²) in [6.07, 6.45) is 1.69. The maximum atomic E-state index is 13.7. The van der Waals surface area contributed by atoms with Gasteiger partial charge in [-0.2, -0.15) is 0 Å². The molecule has 8 nitrogen and oxygen atoms in total. The van der Waals surface area contributed by atoms with E-state index in [0.717, 1.165) is 0 Å². The number of hydrogen-bond donors (Lipinski definition) is 0. The highest BCUT2D eigenvalue weighted by Gasteiger charge is 2.33. The van der Waals surface area contributed by atoms with E-state index in [2.05, 4.69) is 20.9 Å². The summed E-state index contributed by atoms with van der Waals surface area (Å²) < 4.78 is 18.3. The van der Waals surface area contributed by atoms with Crippen LogP contribution in [0.1, 0.15) is 37.9 Å². The Labute approximate surface area is 229 Å². The Kier molecular flexibility index (Phi) is 8.01. The van der Waals surface area contributed by atoms with Gasteiger partial charge >= 0.3 is 11.9 Å². The third-order valence-corrected chi connectivity index (χ3v) is 7.32. The molecule has 1 atom stereocenters. The fourth-order valence-corrected chi connectivity index (χ4v) is 5.68. The van der Waals surface area contributed by atoms with Crippen molar-refractivity contribution in [2.24, 2.45) is 4.99 Å². The van der Waals surface area contributed by atoms with Crippen molar-refractivity contribution in [1.29, 1.82) is 0 Å². The van der Waals surface area contributed by atoms with Gasteiger partial charge in [-0.05, 0) is 71.2 Å². The van der Waals surface area contributed by atoms with Crippen LogP contribution >= 0.6 is 38.9 Å². The topological polar surface area (TPSA) is 96.2 Å². The van der Waals surface area contributed by atoms with Gasteiger partial charge in [-0.25, -0.2) is 9.79 Å². The maximum absolute atomic E-state index is 13.7. The van der Waals surface area contributed by atoms with Gasteiger partial charge in [-0.15, -0.1) is 0 Å². The number of thiazole rings is 1. The number of ether oxygens (including phenoxy) is 3. The van der Waals surface area contributed by atoms with Crippen LogP contribution in [-0.4, -0.2) is 30.2 Å². The van der Waals surface area contributed by atoms with Crippen LogP contribution in [-0.2, 0) is 14.3 Å². The van der Waals surface area contributed by atoms with Crippen molar-refractivity contribution in [2.75, 3.05) is 13.7 Å². The van der Waals surface area contributed by atoms with E-state index < -0.39 is 18.0 Å². The second kappa shape index (κ2) is 11.0. The first-order valence-corrected chi connectivity index (χ1v) is 13.1. The van der Waals surface area contributed by atoms with Gasteiger partial charge < -0.3 is 14.2 Å². The van der Waals surface area contributed by atoms with Crippen molar-refractivity contribution in [3.05, 3.63) is 88.0 Å². The average Bonchev–Trinajstić information content (AvgIpc) is 3.14. The van der Waals surface area contributed by atoms with Crippen LogP contribution in [0, 0.1) is 0 Å². The Bertz CT molecular complexity index is 1610. The largest absolute Gasteiger partial charge is 0.493 e. The smallest absolute Gasteiger partial charge is 0.338 e. The van der Waals surface area contributed by atoms with Crippen LogP contribution in [0.2, 0.25) is 5.02 Å². The van der Waals surface area contributed by atoms with Gasteiger partial charge in [0.25, 0.3) is 5.56 Å². The van der Waals surface area contributed by atoms with Crippen LogP contribution in [0.3, 0.4) is 0 Å². The number of esters is 2. The zero-order valence-corrected chi connectivity index (χ0v) is 23.5. The summed E-state index contributed by atoms with van der Waals surface area (Å²) in [5, 5.41) is 0.534. The lowest BCUT2D eigenvalue weighted by atomic mass is 9.96. The number of carbonyl (C=O) groups is 2. The molecule has 192 valence electrons. The molecule has 4 rings (SSSR count). The molecule has 1 aromatic heterocycles. The first-order chi connectivity index (χ1) is 17.6. The molecule has 0 N–H and O–H groups in total. The normalized spacial score (nSPS) is 15.2. The molecule has 0 unspecified atom stereocenters. The molecule has 0 radical (unpaired) electrons. The molecule has 0 fully saturated rings. The number of methoxy groups -OCH3 is 1. The predicted octanol–water partition coefficient (Wildman–Crippen LogP) is 4.15. The van der Waals surface area contributed by atoms with E-state index in [0.29, 0.717) is 47.0 Å². The van der Waals surface area contributed by atoms with E-state index in [1.54, 1.807) is 56.3 Å². The van der Waals surface area contributed by atoms with Crippen molar-refractivity contribution in [3.8, 4) is 11.5 Å². The molecule has 1 aliphatic heterocycles. The lowest BCUT2D eigenvalue weighted by molar-refractivity contribution is -0.139. The molecule has 2 aromatic carbocycles. The van der Waals surface area contributed by atoms with Crippen molar-refractivity contribution < 1.29 is 23.8 Å². The Balaban J connectivity index is 1.91. The monoisotopic (exact) mass is 604 g/mol. The number of allylic oxidation sites excluding steroid dienone is 1. The molecule has 3 aromatic rings. The second-order valence-electron chi connectivity index (χ2n) is 7.98. The summed E-state index contributed by atoms with van der Waals surface area (Å²) in [7, 11) is 1.46. The third kappa shape index (κ3) is 5.41. The van der Waals surface area contributed by atoms with Crippen molar-refractivity contribution >= 4 is 56.9 Å². The molecule has 0 saturated heterocycles. The minimum Gasteiger partial charge on any atom is -0.493 e. The number of carbonyl (C=O) groups excluding carboxylic acids is 2. The minimum absolute atomic E-state index is 0.188. The fraction of sp³-hybridized carbons (Fsp3) is 0.231. The maximum Gasteiger partial charge on any atom is 0.338 e. The highest BCUT2D eigenvalue weighted by molar-refractivity contribution is 9.10. The quantitative estimate of drug-likeness (QED) is 0.310. The van der Waals surface area contributed by atoms with E-state index in [1.807, 2.05) is 0 Å². The van der Waals surface area contributed by atoms with Gasteiger partial charge in [-0.3, -0.25) is 14.2 Å². The Morgan fingerprint density at radius 2 is 1.95 bits per heavy atom. The molecule has 0 saturated carbocycles. The van der Waals surface area contributed by atoms with Crippen molar-refractivity contribution in [1.82, 2.24) is 4.57 Å². The Hall–Kier alpha value is -3.21. The van der Waals surface area contributed by atoms with Crippen LogP contribution in [0.25, 0.3) is 6.08 Å². The highest BCUT2D eigenvalue weighted by Crippen LogP contribution is 2.37. The minimum atomic E-state index is -0.734. The number of rotatable bonds is 6. The molecule has 1 aliphatic rings. The van der Waals surface area contributed by atoms with Crippen molar-refractivity contribution in [2.45, 2.75) is 26.8 Å². The number of benzene rings is 2. The molecule has 0 amide bonds. The lowest BCUT2D eigenvalue weighted by Gasteiger charge is -2.24. The SMILES string of the molecule is CCOC(=O)C1=C(C)N=c2s/c(=C\c3cc(Br)c(OC(C)=O)c(OC)c3)c(=O)n2[C@H]1c1ccc(Cl)cc1. The molecule has 11 heteroatoms. The van der Waals surface area contributed by atoms with Gasteiger partial charge in [0.1, 0.15) is 0 Å². The van der Waals surface area contributed by atoms with Crippen LogP contribution in [0.5, 0.6) is 11.5 Å². The zero-order chi connectivity index (χ0) is 26.9. The van der Waals surface area contributed by atoms with E-state index in [4.69, 9.17) is 25.8 Å². The molecule has 0 spiro atoms. The van der Waals surface area contributed by atoms with E-state index in [1.165, 1.54) is 29.9 Å². The van der Waals surface area contributed by atoms with E-state index >= 15 is 0 Å². The molecule has 37 heavy (non-hydrogen) atoms. The molecule has 0 aliphatic carbocycles. The average molecular weight is 606 g/mol. The second-order valence-corrected chi connectivity index (χ2v) is 10.3. The standard InChI is InChI=1S/C26H22BrClN2O6S/c1-5-35-25(33)21-13(2)29-26-30(22(21)16-6-8-17(28)9-7-16)24(32)20(37-26)12-15-10-18(27)23(36-14(3)31)19(11-15)34-4/h6-12,22H,5H2,1-4H3/b20-12-/t22-/m0/s1. The van der Waals surface area contributed by atoms with E-state index in [9.17, 15) is 14.4 Å². The van der Waals surface area contributed by atoms with Gasteiger partial charge in [-0.1, -0.05) is 35.1 Å². The first kappa shape index (κ1) is 26.8.